The number of aromatic nitrogens is 2. The first kappa shape index (κ1) is 25.1. The number of nitrogens with one attached hydrogen (secondary N) is 1. The summed E-state index contributed by atoms with van der Waals surface area (Å²) in [7, 11) is -1.87. The number of nitrogens with zero attached hydrogens (tertiary/aromatic N) is 4. The summed E-state index contributed by atoms with van der Waals surface area (Å²) in [6.07, 6.45) is 0. The minimum absolute atomic E-state index is 0.0785. The normalized spacial score (nSPS) is 16.0. The Balaban J connectivity index is 1.35. The lowest BCUT2D eigenvalue weighted by molar-refractivity contribution is 0.141. The number of para-hydroxylation sites is 1. The van der Waals surface area contributed by atoms with Gasteiger partial charge in [0.15, 0.2) is 0 Å². The van der Waals surface area contributed by atoms with Crippen LogP contribution >= 0.6 is 0 Å². The first-order chi connectivity index (χ1) is 17.8. The number of hydrogen-bond donors (Lipinski definition) is 1. The Morgan fingerprint density at radius 2 is 1.57 bits per heavy atom. The topological polar surface area (TPSA) is 87.7 Å². The molecule has 1 aliphatic rings. The van der Waals surface area contributed by atoms with Crippen LogP contribution in [0.4, 0.5) is 11.5 Å². The van der Waals surface area contributed by atoms with Crippen LogP contribution in [-0.4, -0.2) is 60.9 Å². The van der Waals surface area contributed by atoms with E-state index in [0.717, 1.165) is 33.7 Å². The Bertz CT molecular complexity index is 1480. The number of sulfonamides is 1. The molecule has 1 unspecified atom stereocenters. The molecule has 192 valence electrons. The van der Waals surface area contributed by atoms with Crippen LogP contribution in [0, 0.1) is 6.92 Å². The second-order valence-corrected chi connectivity index (χ2v) is 11.2. The molecule has 0 spiro atoms. The van der Waals surface area contributed by atoms with Crippen LogP contribution in [0.3, 0.4) is 0 Å². The maximum Gasteiger partial charge on any atom is 0.243 e. The van der Waals surface area contributed by atoms with Gasteiger partial charge < -0.3 is 10.1 Å². The quantitative estimate of drug-likeness (QED) is 0.378. The lowest BCUT2D eigenvalue weighted by atomic mass is 10.2. The molecule has 2 heterocycles. The Labute approximate surface area is 218 Å². The molecule has 1 N–H and O–H groups in total. The summed E-state index contributed by atoms with van der Waals surface area (Å²) in [5, 5.41) is 4.37. The van der Waals surface area contributed by atoms with E-state index in [1.54, 1.807) is 23.5 Å². The fraction of sp³-hybridized carbons (Fsp3) is 0.286. The van der Waals surface area contributed by atoms with Crippen molar-refractivity contribution in [1.82, 2.24) is 19.2 Å². The molecule has 0 amide bonds. The van der Waals surface area contributed by atoms with Gasteiger partial charge in [0.1, 0.15) is 17.4 Å². The predicted octanol–water partition coefficient (Wildman–Crippen LogP) is 4.76. The number of methoxy groups -OCH3 is 1. The van der Waals surface area contributed by atoms with E-state index < -0.39 is 10.0 Å². The molecule has 1 aliphatic heterocycles. The van der Waals surface area contributed by atoms with Crippen LogP contribution in [0.15, 0.2) is 77.7 Å². The van der Waals surface area contributed by atoms with Gasteiger partial charge in [-0.15, -0.1) is 0 Å². The summed E-state index contributed by atoms with van der Waals surface area (Å²) in [5.74, 6) is 2.22. The standard InChI is InChI=1S/C28H31N5O3S/c1-20-8-14-24(15-9-20)37(34,35)33-18-16-32(17-19-33)21(2)27-30-26-7-5-4-6-25(26)28(31-27)29-22-10-12-23(36-3)13-11-22/h4-15,21H,16-19H2,1-3H3,(H,29,30,31). The largest absolute Gasteiger partial charge is 0.497 e. The smallest absolute Gasteiger partial charge is 0.243 e. The van der Waals surface area contributed by atoms with Gasteiger partial charge in [-0.2, -0.15) is 4.31 Å². The summed E-state index contributed by atoms with van der Waals surface area (Å²) < 4.78 is 33.1. The Morgan fingerprint density at radius 3 is 2.24 bits per heavy atom. The van der Waals surface area contributed by atoms with Crippen molar-refractivity contribution < 1.29 is 13.2 Å². The summed E-state index contributed by atoms with van der Waals surface area (Å²) in [5.41, 5.74) is 2.79. The number of anilines is 2. The van der Waals surface area contributed by atoms with Gasteiger partial charge in [-0.25, -0.2) is 18.4 Å². The molecule has 0 radical (unpaired) electrons. The second kappa shape index (κ2) is 10.5. The van der Waals surface area contributed by atoms with Crippen molar-refractivity contribution in [3.05, 3.63) is 84.2 Å². The molecule has 0 aliphatic carbocycles. The number of hydrogen-bond acceptors (Lipinski definition) is 7. The summed E-state index contributed by atoms with van der Waals surface area (Å²) in [4.78, 5) is 12.3. The number of benzene rings is 3. The summed E-state index contributed by atoms with van der Waals surface area (Å²) >= 11 is 0. The molecule has 0 bridgehead atoms. The van der Waals surface area contributed by atoms with E-state index in [0.29, 0.717) is 36.9 Å². The van der Waals surface area contributed by atoms with Gasteiger partial charge in [0.25, 0.3) is 0 Å². The molecule has 1 fully saturated rings. The van der Waals surface area contributed by atoms with Crippen molar-refractivity contribution in [2.75, 3.05) is 38.6 Å². The van der Waals surface area contributed by atoms with Crippen LogP contribution in [0.2, 0.25) is 0 Å². The highest BCUT2D eigenvalue weighted by molar-refractivity contribution is 7.89. The molecule has 4 aromatic rings. The average molecular weight is 518 g/mol. The van der Waals surface area contributed by atoms with Crippen molar-refractivity contribution in [3.8, 4) is 5.75 Å². The van der Waals surface area contributed by atoms with Crippen molar-refractivity contribution in [2.45, 2.75) is 24.8 Å². The van der Waals surface area contributed by atoms with E-state index in [1.807, 2.05) is 67.6 Å². The van der Waals surface area contributed by atoms with Crippen molar-refractivity contribution in [3.63, 3.8) is 0 Å². The van der Waals surface area contributed by atoms with E-state index in [4.69, 9.17) is 14.7 Å². The van der Waals surface area contributed by atoms with E-state index >= 15 is 0 Å². The van der Waals surface area contributed by atoms with Crippen molar-refractivity contribution in [2.24, 2.45) is 0 Å². The summed E-state index contributed by atoms with van der Waals surface area (Å²) in [6, 6.07) is 22.6. The van der Waals surface area contributed by atoms with Crippen LogP contribution in [0.25, 0.3) is 10.9 Å². The molecular weight excluding hydrogens is 486 g/mol. The van der Waals surface area contributed by atoms with Gasteiger partial charge in [0.05, 0.1) is 23.6 Å². The Morgan fingerprint density at radius 1 is 0.892 bits per heavy atom. The minimum atomic E-state index is -3.51. The van der Waals surface area contributed by atoms with Crippen LogP contribution in [0.5, 0.6) is 5.75 Å². The first-order valence-electron chi connectivity index (χ1n) is 12.3. The zero-order chi connectivity index (χ0) is 26.0. The molecule has 3 aromatic carbocycles. The highest BCUT2D eigenvalue weighted by Gasteiger charge is 2.31. The van der Waals surface area contributed by atoms with Crippen molar-refractivity contribution >= 4 is 32.4 Å². The fourth-order valence-corrected chi connectivity index (χ4v) is 5.96. The van der Waals surface area contributed by atoms with Crippen LogP contribution < -0.4 is 10.1 Å². The number of piperazine rings is 1. The van der Waals surface area contributed by atoms with Gasteiger partial charge >= 0.3 is 0 Å². The van der Waals surface area contributed by atoms with E-state index in [9.17, 15) is 8.42 Å². The molecule has 1 saturated heterocycles. The Hall–Kier alpha value is -3.53. The maximum absolute atomic E-state index is 13.1. The lowest BCUT2D eigenvalue weighted by Gasteiger charge is -2.36. The lowest BCUT2D eigenvalue weighted by Crippen LogP contribution is -2.49. The molecule has 1 atom stereocenters. The molecule has 37 heavy (non-hydrogen) atoms. The SMILES string of the molecule is COc1ccc(Nc2nc(C(C)N3CCN(S(=O)(=O)c4ccc(C)cc4)CC3)nc3ccccc23)cc1. The van der Waals surface area contributed by atoms with E-state index in [-0.39, 0.29) is 6.04 Å². The maximum atomic E-state index is 13.1. The third-order valence-electron chi connectivity index (χ3n) is 6.83. The van der Waals surface area contributed by atoms with E-state index in [2.05, 4.69) is 17.1 Å². The molecule has 9 heteroatoms. The number of fused-ring (bicyclic) bond motifs is 1. The molecule has 8 nitrogen and oxygen atoms in total. The molecule has 5 rings (SSSR count). The van der Waals surface area contributed by atoms with Gasteiger partial charge in [-0.1, -0.05) is 29.8 Å². The fourth-order valence-electron chi connectivity index (χ4n) is 4.54. The third kappa shape index (κ3) is 5.29. The zero-order valence-electron chi connectivity index (χ0n) is 21.3. The monoisotopic (exact) mass is 517 g/mol. The third-order valence-corrected chi connectivity index (χ3v) is 8.74. The molecular formula is C28H31N5O3S. The number of rotatable bonds is 7. The number of ether oxygens (including phenoxy) is 1. The van der Waals surface area contributed by atoms with Gasteiger partial charge in [0, 0.05) is 37.3 Å². The van der Waals surface area contributed by atoms with Crippen molar-refractivity contribution in [1.29, 1.82) is 0 Å². The average Bonchev–Trinajstić information content (AvgIpc) is 2.93. The minimum Gasteiger partial charge on any atom is -0.497 e. The van der Waals surface area contributed by atoms with Crippen LogP contribution in [-0.2, 0) is 10.0 Å². The number of aryl methyl sites for hydroxylation is 1. The van der Waals surface area contributed by atoms with Crippen LogP contribution in [0.1, 0.15) is 24.4 Å². The Kier molecular flexibility index (Phi) is 7.10. The van der Waals surface area contributed by atoms with E-state index in [1.165, 1.54) is 0 Å². The van der Waals surface area contributed by atoms with Gasteiger partial charge in [-0.05, 0) is 62.4 Å². The first-order valence-corrected chi connectivity index (χ1v) is 13.8. The summed E-state index contributed by atoms with van der Waals surface area (Å²) in [6.45, 7) is 6.07. The highest BCUT2D eigenvalue weighted by Crippen LogP contribution is 2.29. The van der Waals surface area contributed by atoms with Gasteiger partial charge in [-0.3, -0.25) is 4.90 Å². The second-order valence-electron chi connectivity index (χ2n) is 9.23. The molecule has 0 saturated carbocycles. The van der Waals surface area contributed by atoms with Gasteiger partial charge in [0.2, 0.25) is 10.0 Å². The zero-order valence-corrected chi connectivity index (χ0v) is 22.1. The molecule has 1 aromatic heterocycles. The predicted molar refractivity (Wildman–Crippen MR) is 146 cm³/mol. The highest BCUT2D eigenvalue weighted by atomic mass is 32.2.